The van der Waals surface area contributed by atoms with E-state index in [4.69, 9.17) is 11.6 Å². The topological polar surface area (TPSA) is 108 Å². The highest BCUT2D eigenvalue weighted by atomic mass is 35.5. The average molecular weight is 458 g/mol. The predicted molar refractivity (Wildman–Crippen MR) is 118 cm³/mol. The normalized spacial score (nSPS) is 19.3. The largest absolute Gasteiger partial charge is 0.396 e. The number of carbonyl (C=O) groups is 2. The Morgan fingerprint density at radius 2 is 1.97 bits per heavy atom. The van der Waals surface area contributed by atoms with Gasteiger partial charge in [0.15, 0.2) is 0 Å². The molecule has 1 fully saturated rings. The van der Waals surface area contributed by atoms with E-state index in [1.807, 2.05) is 6.92 Å². The van der Waals surface area contributed by atoms with Gasteiger partial charge in [-0.3, -0.25) is 4.79 Å². The monoisotopic (exact) mass is 457 g/mol. The number of urea groups is 1. The minimum atomic E-state index is -1.34. The maximum Gasteiger partial charge on any atom is 0.320 e. The molecule has 2 unspecified atom stereocenters. The van der Waals surface area contributed by atoms with Crippen LogP contribution in [0.2, 0.25) is 5.02 Å². The number of aliphatic hydroxyl groups is 1. The number of hydrogen-bond acceptors (Lipinski definition) is 4. The van der Waals surface area contributed by atoms with Crippen molar-refractivity contribution >= 4 is 34.9 Å². The molecule has 2 atom stereocenters. The summed E-state index contributed by atoms with van der Waals surface area (Å²) in [5.74, 6) is -1.73. The molecule has 3 aromatic rings. The first-order valence-corrected chi connectivity index (χ1v) is 10.3. The Bertz CT molecular complexity index is 1170. The number of aromatic nitrogens is 2. The second kappa shape index (κ2) is 8.60. The van der Waals surface area contributed by atoms with Gasteiger partial charge in [-0.15, -0.1) is 0 Å². The summed E-state index contributed by atoms with van der Waals surface area (Å²) in [6.07, 6.45) is 1.94. The Labute approximate surface area is 188 Å². The quantitative estimate of drug-likeness (QED) is 0.454. The number of hydrogen-bond donors (Lipinski definition) is 4. The average Bonchev–Trinajstić information content (AvgIpc) is 3.31. The van der Waals surface area contributed by atoms with E-state index in [1.165, 1.54) is 16.8 Å². The molecule has 1 aliphatic carbocycles. The first kappa shape index (κ1) is 21.8. The zero-order valence-corrected chi connectivity index (χ0v) is 17.9. The van der Waals surface area contributed by atoms with Gasteiger partial charge in [0.25, 0.3) is 5.91 Å². The zero-order valence-electron chi connectivity index (χ0n) is 17.1. The number of halogens is 2. The number of benzene rings is 2. The van der Waals surface area contributed by atoms with Gasteiger partial charge >= 0.3 is 6.03 Å². The van der Waals surface area contributed by atoms with Gasteiger partial charge in [0.2, 0.25) is 0 Å². The van der Waals surface area contributed by atoms with Crippen molar-refractivity contribution in [3.8, 4) is 5.69 Å². The minimum absolute atomic E-state index is 0.0366. The Kier molecular flexibility index (Phi) is 5.86. The van der Waals surface area contributed by atoms with Crippen LogP contribution in [0.15, 0.2) is 54.7 Å². The molecule has 10 heteroatoms. The Morgan fingerprint density at radius 3 is 2.56 bits per heavy atom. The summed E-state index contributed by atoms with van der Waals surface area (Å²) in [6, 6.07) is 11.9. The number of carbonyl (C=O) groups excluding carboxylic acids is 2. The number of rotatable bonds is 6. The van der Waals surface area contributed by atoms with Crippen molar-refractivity contribution in [2.45, 2.75) is 18.9 Å². The van der Waals surface area contributed by atoms with Crippen LogP contribution in [0.3, 0.4) is 0 Å². The first-order valence-electron chi connectivity index (χ1n) is 9.90. The molecule has 32 heavy (non-hydrogen) atoms. The third-order valence-electron chi connectivity index (χ3n) is 5.36. The molecule has 1 saturated carbocycles. The van der Waals surface area contributed by atoms with Gasteiger partial charge in [-0.05, 0) is 55.8 Å². The second-order valence-corrected chi connectivity index (χ2v) is 8.10. The van der Waals surface area contributed by atoms with E-state index in [1.54, 1.807) is 42.6 Å². The fourth-order valence-corrected chi connectivity index (χ4v) is 3.60. The van der Waals surface area contributed by atoms with Gasteiger partial charge in [0.1, 0.15) is 11.4 Å². The molecule has 0 spiro atoms. The van der Waals surface area contributed by atoms with Crippen molar-refractivity contribution in [2.24, 2.45) is 5.92 Å². The summed E-state index contributed by atoms with van der Waals surface area (Å²) >= 11 is 5.84. The first-order chi connectivity index (χ1) is 15.3. The summed E-state index contributed by atoms with van der Waals surface area (Å²) < 4.78 is 16.2. The van der Waals surface area contributed by atoms with Gasteiger partial charge in [-0.25, -0.2) is 13.9 Å². The standard InChI is InChI=1S/C22H21ClFN5O3/c1-13-8-9-29(28-13)17-6-7-19(18(24)10-17)26-20(31)22(11-14(22)12-30)27-21(32)25-16-4-2-15(23)3-5-16/h2-10,14,30H,11-12H2,1H3,(H,26,31)(H2,25,27,32). The Balaban J connectivity index is 1.46. The minimum Gasteiger partial charge on any atom is -0.396 e. The highest BCUT2D eigenvalue weighted by molar-refractivity contribution is 6.30. The van der Waals surface area contributed by atoms with E-state index in [9.17, 15) is 19.1 Å². The Morgan fingerprint density at radius 1 is 1.22 bits per heavy atom. The van der Waals surface area contributed by atoms with Gasteiger partial charge in [0.05, 0.1) is 17.1 Å². The lowest BCUT2D eigenvalue weighted by atomic mass is 10.1. The fraction of sp³-hybridized carbons (Fsp3) is 0.227. The SMILES string of the molecule is Cc1ccn(-c2ccc(NC(=O)C3(NC(=O)Nc4ccc(Cl)cc4)CC3CO)c(F)c2)n1. The van der Waals surface area contributed by atoms with Crippen LogP contribution in [0.25, 0.3) is 5.69 Å². The summed E-state index contributed by atoms with van der Waals surface area (Å²) in [6.45, 7) is 1.53. The van der Waals surface area contributed by atoms with E-state index in [-0.39, 0.29) is 18.7 Å². The highest BCUT2D eigenvalue weighted by Crippen LogP contribution is 2.44. The van der Waals surface area contributed by atoms with Crippen LogP contribution in [0.5, 0.6) is 0 Å². The van der Waals surface area contributed by atoms with Gasteiger partial charge in [-0.1, -0.05) is 11.6 Å². The lowest BCUT2D eigenvalue weighted by molar-refractivity contribution is -0.119. The van der Waals surface area contributed by atoms with E-state index in [2.05, 4.69) is 21.0 Å². The van der Waals surface area contributed by atoms with Gasteiger partial charge in [0, 0.05) is 35.5 Å². The molecule has 4 N–H and O–H groups in total. The molecule has 0 aliphatic heterocycles. The third kappa shape index (κ3) is 4.44. The number of amides is 3. The van der Waals surface area contributed by atoms with Crippen molar-refractivity contribution in [1.82, 2.24) is 15.1 Å². The molecule has 0 bridgehead atoms. The summed E-state index contributed by atoms with van der Waals surface area (Å²) in [5.41, 5.74) is 0.402. The van der Waals surface area contributed by atoms with E-state index >= 15 is 0 Å². The van der Waals surface area contributed by atoms with E-state index in [0.29, 0.717) is 16.4 Å². The van der Waals surface area contributed by atoms with E-state index < -0.39 is 29.2 Å². The van der Waals surface area contributed by atoms with Crippen LogP contribution in [0.1, 0.15) is 12.1 Å². The zero-order chi connectivity index (χ0) is 22.9. The number of nitrogens with zero attached hydrogens (tertiary/aromatic N) is 2. The number of aliphatic hydroxyl groups excluding tert-OH is 1. The molecule has 8 nitrogen and oxygen atoms in total. The Hall–Kier alpha value is -3.43. The van der Waals surface area contributed by atoms with Crippen molar-refractivity contribution in [2.75, 3.05) is 17.2 Å². The molecule has 1 heterocycles. The summed E-state index contributed by atoms with van der Waals surface area (Å²) in [4.78, 5) is 25.4. The van der Waals surface area contributed by atoms with Crippen LogP contribution in [0, 0.1) is 18.7 Å². The fourth-order valence-electron chi connectivity index (χ4n) is 3.48. The number of nitrogens with one attached hydrogen (secondary N) is 3. The van der Waals surface area contributed by atoms with Crippen molar-refractivity contribution in [3.05, 3.63) is 71.3 Å². The maximum absolute atomic E-state index is 14.7. The summed E-state index contributed by atoms with van der Waals surface area (Å²) in [7, 11) is 0. The lowest BCUT2D eigenvalue weighted by Crippen LogP contribution is -2.49. The molecule has 0 saturated heterocycles. The molecule has 2 aromatic carbocycles. The van der Waals surface area contributed by atoms with E-state index in [0.717, 1.165) is 5.69 Å². The molecule has 166 valence electrons. The van der Waals surface area contributed by atoms with Crippen LogP contribution in [-0.4, -0.2) is 39.0 Å². The lowest BCUT2D eigenvalue weighted by Gasteiger charge is -2.20. The van der Waals surface area contributed by atoms with Crippen molar-refractivity contribution < 1.29 is 19.1 Å². The maximum atomic E-state index is 14.7. The molecule has 1 aromatic heterocycles. The highest BCUT2D eigenvalue weighted by Gasteiger charge is 2.61. The molecule has 4 rings (SSSR count). The molecular weight excluding hydrogens is 437 g/mol. The predicted octanol–water partition coefficient (Wildman–Crippen LogP) is 3.48. The van der Waals surface area contributed by atoms with Crippen LogP contribution in [-0.2, 0) is 4.79 Å². The smallest absolute Gasteiger partial charge is 0.320 e. The summed E-state index contributed by atoms with van der Waals surface area (Å²) in [5, 5.41) is 22.1. The molecule has 0 radical (unpaired) electrons. The van der Waals surface area contributed by atoms with Crippen LogP contribution >= 0.6 is 11.6 Å². The van der Waals surface area contributed by atoms with Gasteiger partial charge < -0.3 is 21.1 Å². The van der Waals surface area contributed by atoms with Gasteiger partial charge in [-0.2, -0.15) is 5.10 Å². The number of aryl methyl sites for hydroxylation is 1. The molecule has 1 aliphatic rings. The number of anilines is 2. The molecular formula is C22H21ClFN5O3. The third-order valence-corrected chi connectivity index (χ3v) is 5.61. The van der Waals surface area contributed by atoms with Crippen molar-refractivity contribution in [3.63, 3.8) is 0 Å². The van der Waals surface area contributed by atoms with Crippen LogP contribution in [0.4, 0.5) is 20.6 Å². The molecule has 3 amide bonds. The van der Waals surface area contributed by atoms with Crippen LogP contribution < -0.4 is 16.0 Å². The van der Waals surface area contributed by atoms with Crippen molar-refractivity contribution in [1.29, 1.82) is 0 Å². The second-order valence-electron chi connectivity index (χ2n) is 7.66.